The fraction of sp³-hybridized carbons (Fsp3) is 0.500. The quantitative estimate of drug-likeness (QED) is 0.861. The molecule has 1 saturated heterocycles. The first kappa shape index (κ1) is 14.4. The van der Waals surface area contributed by atoms with Crippen LogP contribution in [0.3, 0.4) is 0 Å². The van der Waals surface area contributed by atoms with Crippen molar-refractivity contribution in [3.63, 3.8) is 0 Å². The summed E-state index contributed by atoms with van der Waals surface area (Å²) in [6, 6.07) is 1.06. The van der Waals surface area contributed by atoms with Crippen LogP contribution in [-0.4, -0.2) is 47.3 Å². The summed E-state index contributed by atoms with van der Waals surface area (Å²) in [6.07, 6.45) is -4.58. The maximum atomic E-state index is 12.6. The van der Waals surface area contributed by atoms with Crippen molar-refractivity contribution in [2.24, 2.45) is 0 Å². The van der Waals surface area contributed by atoms with Crippen molar-refractivity contribution in [1.29, 1.82) is 0 Å². The minimum absolute atomic E-state index is 0.317. The molecular formula is C12H14F3N3O2. The Labute approximate surface area is 113 Å². The minimum Gasteiger partial charge on any atom is -0.465 e. The topological polar surface area (TPSA) is 56.7 Å². The lowest BCUT2D eigenvalue weighted by atomic mass is 10.2. The number of carboxylic acid groups (broad SMARTS) is 1. The number of piperazine rings is 1. The van der Waals surface area contributed by atoms with E-state index in [1.54, 1.807) is 11.8 Å². The van der Waals surface area contributed by atoms with Crippen molar-refractivity contribution >= 4 is 11.9 Å². The number of hydrogen-bond donors (Lipinski definition) is 1. The Morgan fingerprint density at radius 1 is 1.30 bits per heavy atom. The van der Waals surface area contributed by atoms with E-state index < -0.39 is 17.8 Å². The number of nitrogens with zero attached hydrogens (tertiary/aromatic N) is 3. The number of anilines is 1. The number of halogens is 3. The molecule has 1 aromatic rings. The third-order valence-electron chi connectivity index (χ3n) is 3.23. The molecule has 0 atom stereocenters. The molecule has 1 fully saturated rings. The molecule has 0 unspecified atom stereocenters. The van der Waals surface area contributed by atoms with Crippen molar-refractivity contribution in [3.05, 3.63) is 23.4 Å². The Balaban J connectivity index is 2.13. The Kier molecular flexibility index (Phi) is 3.74. The molecule has 2 heterocycles. The molecule has 0 aromatic carbocycles. The highest BCUT2D eigenvalue weighted by Gasteiger charge is 2.32. The fourth-order valence-corrected chi connectivity index (χ4v) is 2.16. The summed E-state index contributed by atoms with van der Waals surface area (Å²) in [5.41, 5.74) is -0.341. The molecular weight excluding hydrogens is 275 g/mol. The van der Waals surface area contributed by atoms with E-state index in [-0.39, 0.29) is 0 Å². The first-order chi connectivity index (χ1) is 9.29. The molecule has 0 aliphatic carbocycles. The van der Waals surface area contributed by atoms with Gasteiger partial charge in [0, 0.05) is 32.4 Å². The van der Waals surface area contributed by atoms with Crippen LogP contribution in [-0.2, 0) is 6.18 Å². The SMILES string of the molecule is Cc1cc(C(F)(F)F)cnc1N1CCN(C(=O)O)CC1. The first-order valence-corrected chi connectivity index (χ1v) is 6.05. The molecule has 1 amide bonds. The van der Waals surface area contributed by atoms with E-state index >= 15 is 0 Å². The summed E-state index contributed by atoms with van der Waals surface area (Å²) in [6.45, 7) is 3.05. The number of hydrogen-bond acceptors (Lipinski definition) is 3. The number of pyridine rings is 1. The number of amides is 1. The molecule has 1 aromatic heterocycles. The molecule has 1 aliphatic heterocycles. The summed E-state index contributed by atoms with van der Waals surface area (Å²) in [5.74, 6) is 0.475. The number of alkyl halides is 3. The largest absolute Gasteiger partial charge is 0.465 e. The van der Waals surface area contributed by atoms with E-state index in [2.05, 4.69) is 4.98 Å². The maximum Gasteiger partial charge on any atom is 0.417 e. The highest BCUT2D eigenvalue weighted by molar-refractivity contribution is 5.65. The zero-order chi connectivity index (χ0) is 14.9. The zero-order valence-corrected chi connectivity index (χ0v) is 10.8. The van der Waals surface area contributed by atoms with Gasteiger partial charge in [-0.05, 0) is 18.6 Å². The Bertz CT molecular complexity index is 511. The summed E-state index contributed by atoms with van der Waals surface area (Å²) in [5, 5.41) is 8.84. The van der Waals surface area contributed by atoms with Gasteiger partial charge >= 0.3 is 12.3 Å². The third kappa shape index (κ3) is 2.94. The molecule has 0 saturated carbocycles. The van der Waals surface area contributed by atoms with Crippen LogP contribution in [0, 0.1) is 6.92 Å². The average Bonchev–Trinajstić information content (AvgIpc) is 2.37. The number of aromatic nitrogens is 1. The summed E-state index contributed by atoms with van der Waals surface area (Å²) in [4.78, 5) is 17.7. The van der Waals surface area contributed by atoms with Crippen LogP contribution in [0.5, 0.6) is 0 Å². The van der Waals surface area contributed by atoms with Gasteiger partial charge in [-0.3, -0.25) is 0 Å². The van der Waals surface area contributed by atoms with Crippen molar-refractivity contribution in [2.75, 3.05) is 31.1 Å². The van der Waals surface area contributed by atoms with Gasteiger partial charge in [-0.15, -0.1) is 0 Å². The van der Waals surface area contributed by atoms with Crippen LogP contribution in [0.4, 0.5) is 23.8 Å². The van der Waals surface area contributed by atoms with Gasteiger partial charge < -0.3 is 14.9 Å². The van der Waals surface area contributed by atoms with E-state index in [0.29, 0.717) is 37.6 Å². The van der Waals surface area contributed by atoms with Crippen LogP contribution < -0.4 is 4.90 Å². The second kappa shape index (κ2) is 5.18. The van der Waals surface area contributed by atoms with Crippen LogP contribution >= 0.6 is 0 Å². The highest BCUT2D eigenvalue weighted by Crippen LogP contribution is 2.31. The van der Waals surface area contributed by atoms with Gasteiger partial charge in [-0.25, -0.2) is 9.78 Å². The molecule has 1 aliphatic rings. The van der Waals surface area contributed by atoms with Gasteiger partial charge in [0.25, 0.3) is 0 Å². The molecule has 0 radical (unpaired) electrons. The zero-order valence-electron chi connectivity index (χ0n) is 10.8. The minimum atomic E-state index is -4.40. The molecule has 5 nitrogen and oxygen atoms in total. The molecule has 0 spiro atoms. The predicted molar refractivity (Wildman–Crippen MR) is 65.8 cm³/mol. The lowest BCUT2D eigenvalue weighted by Crippen LogP contribution is -2.48. The second-order valence-corrected chi connectivity index (χ2v) is 4.62. The van der Waals surface area contributed by atoms with E-state index in [4.69, 9.17) is 5.11 Å². The smallest absolute Gasteiger partial charge is 0.417 e. The Hall–Kier alpha value is -1.99. The molecule has 1 N–H and O–H groups in total. The van der Waals surface area contributed by atoms with E-state index in [1.165, 1.54) is 4.90 Å². The van der Waals surface area contributed by atoms with Crippen molar-refractivity contribution in [1.82, 2.24) is 9.88 Å². The number of rotatable bonds is 1. The van der Waals surface area contributed by atoms with Crippen molar-refractivity contribution < 1.29 is 23.1 Å². The van der Waals surface area contributed by atoms with Crippen molar-refractivity contribution in [2.45, 2.75) is 13.1 Å². The summed E-state index contributed by atoms with van der Waals surface area (Å²) in [7, 11) is 0. The summed E-state index contributed by atoms with van der Waals surface area (Å²) < 4.78 is 37.7. The lowest BCUT2D eigenvalue weighted by molar-refractivity contribution is -0.137. The standard InChI is InChI=1S/C12H14F3N3O2/c1-8-6-9(12(13,14)15)7-16-10(8)17-2-4-18(5-3-17)11(19)20/h6-7H,2-5H2,1H3,(H,19,20). The Morgan fingerprint density at radius 3 is 2.35 bits per heavy atom. The van der Waals surface area contributed by atoms with Gasteiger partial charge in [-0.1, -0.05) is 0 Å². The van der Waals surface area contributed by atoms with Crippen LogP contribution in [0.1, 0.15) is 11.1 Å². The van der Waals surface area contributed by atoms with Crippen LogP contribution in [0.15, 0.2) is 12.3 Å². The van der Waals surface area contributed by atoms with Gasteiger partial charge in [0.15, 0.2) is 0 Å². The van der Waals surface area contributed by atoms with E-state index in [1.807, 2.05) is 0 Å². The predicted octanol–water partition coefficient (Wildman–Crippen LogP) is 2.21. The average molecular weight is 289 g/mol. The molecule has 20 heavy (non-hydrogen) atoms. The number of aryl methyl sites for hydroxylation is 1. The van der Waals surface area contributed by atoms with Gasteiger partial charge in [0.2, 0.25) is 0 Å². The third-order valence-corrected chi connectivity index (χ3v) is 3.23. The van der Waals surface area contributed by atoms with E-state index in [9.17, 15) is 18.0 Å². The maximum absolute atomic E-state index is 12.6. The second-order valence-electron chi connectivity index (χ2n) is 4.62. The van der Waals surface area contributed by atoms with Gasteiger partial charge in [0.05, 0.1) is 5.56 Å². The first-order valence-electron chi connectivity index (χ1n) is 6.05. The van der Waals surface area contributed by atoms with Crippen molar-refractivity contribution in [3.8, 4) is 0 Å². The molecule has 8 heteroatoms. The summed E-state index contributed by atoms with van der Waals surface area (Å²) >= 11 is 0. The molecule has 0 bridgehead atoms. The Morgan fingerprint density at radius 2 is 1.90 bits per heavy atom. The van der Waals surface area contributed by atoms with Crippen LogP contribution in [0.25, 0.3) is 0 Å². The number of carbonyl (C=O) groups is 1. The van der Waals surface area contributed by atoms with Gasteiger partial charge in [0.1, 0.15) is 5.82 Å². The highest BCUT2D eigenvalue weighted by atomic mass is 19.4. The van der Waals surface area contributed by atoms with E-state index in [0.717, 1.165) is 12.3 Å². The van der Waals surface area contributed by atoms with Crippen LogP contribution in [0.2, 0.25) is 0 Å². The fourth-order valence-electron chi connectivity index (χ4n) is 2.16. The monoisotopic (exact) mass is 289 g/mol. The molecule has 110 valence electrons. The van der Waals surface area contributed by atoms with Gasteiger partial charge in [-0.2, -0.15) is 13.2 Å². The normalized spacial score (nSPS) is 16.4. The molecule has 2 rings (SSSR count). The lowest BCUT2D eigenvalue weighted by Gasteiger charge is -2.34.